The summed E-state index contributed by atoms with van der Waals surface area (Å²) in [5, 5.41) is 0. The molecular formula is C26H24BrIN2O4S. The minimum atomic E-state index is -0.611. The fourth-order valence-electron chi connectivity index (χ4n) is 3.95. The van der Waals surface area contributed by atoms with Crippen LogP contribution in [0.2, 0.25) is 0 Å². The highest BCUT2D eigenvalue weighted by molar-refractivity contribution is 14.1. The lowest BCUT2D eigenvalue weighted by Gasteiger charge is -2.24. The molecule has 1 aliphatic rings. The Balaban J connectivity index is 1.91. The van der Waals surface area contributed by atoms with Gasteiger partial charge in [-0.25, -0.2) is 9.79 Å². The molecule has 0 saturated carbocycles. The standard InChI is InChI=1S/C26H24BrIN2O4S/c1-5-33-23-18(27)11-16(12-19(23)28)13-20-24(31)30-22(17-9-7-14(3)8-10-17)21(25(32)34-6-2)15(4)29-26(30)35-20/h7-13,22H,5-6H2,1-4H3/b20-13+/t22-/m0/s1. The number of rotatable bonds is 6. The molecule has 4 rings (SSSR count). The summed E-state index contributed by atoms with van der Waals surface area (Å²) in [7, 11) is 0. The zero-order valence-corrected chi connectivity index (χ0v) is 24.3. The Hall–Kier alpha value is -2.24. The quantitative estimate of drug-likeness (QED) is 0.278. The zero-order valence-electron chi connectivity index (χ0n) is 19.7. The summed E-state index contributed by atoms with van der Waals surface area (Å²) in [6.45, 7) is 8.30. The molecule has 0 unspecified atom stereocenters. The molecule has 6 nitrogen and oxygen atoms in total. The van der Waals surface area contributed by atoms with Crippen LogP contribution in [0.3, 0.4) is 0 Å². The number of halogens is 2. The molecule has 35 heavy (non-hydrogen) atoms. The molecule has 0 radical (unpaired) electrons. The van der Waals surface area contributed by atoms with E-state index in [9.17, 15) is 9.59 Å². The van der Waals surface area contributed by atoms with Crippen LogP contribution in [-0.4, -0.2) is 23.8 Å². The average Bonchev–Trinajstić information content (AvgIpc) is 3.10. The Morgan fingerprint density at radius 2 is 1.91 bits per heavy atom. The van der Waals surface area contributed by atoms with Crippen LogP contribution in [0, 0.1) is 10.5 Å². The van der Waals surface area contributed by atoms with Crippen molar-refractivity contribution in [1.82, 2.24) is 4.57 Å². The molecule has 0 bridgehead atoms. The Labute approximate surface area is 229 Å². The molecule has 0 spiro atoms. The lowest BCUT2D eigenvalue weighted by molar-refractivity contribution is -0.139. The van der Waals surface area contributed by atoms with Gasteiger partial charge in [-0.1, -0.05) is 41.2 Å². The molecule has 2 aromatic carbocycles. The van der Waals surface area contributed by atoms with Crippen molar-refractivity contribution in [2.45, 2.75) is 33.7 Å². The molecule has 0 aliphatic carbocycles. The second kappa shape index (κ2) is 10.8. The van der Waals surface area contributed by atoms with Gasteiger partial charge in [0.2, 0.25) is 0 Å². The summed E-state index contributed by atoms with van der Waals surface area (Å²) < 4.78 is 15.0. The summed E-state index contributed by atoms with van der Waals surface area (Å²) in [5.74, 6) is 0.319. The van der Waals surface area contributed by atoms with E-state index in [1.807, 2.05) is 56.3 Å². The van der Waals surface area contributed by atoms with E-state index in [1.165, 1.54) is 11.3 Å². The van der Waals surface area contributed by atoms with Gasteiger partial charge in [-0.2, -0.15) is 0 Å². The van der Waals surface area contributed by atoms with Gasteiger partial charge in [0.05, 0.1) is 43.1 Å². The van der Waals surface area contributed by atoms with E-state index in [0.29, 0.717) is 27.2 Å². The van der Waals surface area contributed by atoms with Crippen LogP contribution in [0.4, 0.5) is 0 Å². The Kier molecular flexibility index (Phi) is 7.97. The first kappa shape index (κ1) is 25.8. The summed E-state index contributed by atoms with van der Waals surface area (Å²) in [6.07, 6.45) is 1.85. The summed E-state index contributed by atoms with van der Waals surface area (Å²) in [5.41, 5.74) is 3.53. The number of carbonyl (C=O) groups is 1. The van der Waals surface area contributed by atoms with Crippen molar-refractivity contribution in [3.8, 4) is 5.75 Å². The van der Waals surface area contributed by atoms with Crippen LogP contribution >= 0.6 is 49.9 Å². The summed E-state index contributed by atoms with van der Waals surface area (Å²) >= 11 is 7.11. The molecule has 1 atom stereocenters. The number of thiazole rings is 1. The molecule has 182 valence electrons. The first-order valence-electron chi connectivity index (χ1n) is 11.1. The normalized spacial score (nSPS) is 15.6. The van der Waals surface area contributed by atoms with Crippen LogP contribution in [0.15, 0.2) is 61.9 Å². The second-order valence-corrected chi connectivity index (χ2v) is 11.0. The lowest BCUT2D eigenvalue weighted by atomic mass is 9.95. The fourth-order valence-corrected chi connectivity index (χ4v) is 6.77. The minimum Gasteiger partial charge on any atom is -0.492 e. The zero-order chi connectivity index (χ0) is 25.3. The highest BCUT2D eigenvalue weighted by atomic mass is 127. The van der Waals surface area contributed by atoms with E-state index in [2.05, 4.69) is 43.5 Å². The summed E-state index contributed by atoms with van der Waals surface area (Å²) in [4.78, 5) is 31.9. The van der Waals surface area contributed by atoms with Gasteiger partial charge < -0.3 is 9.47 Å². The Morgan fingerprint density at radius 1 is 1.20 bits per heavy atom. The van der Waals surface area contributed by atoms with Gasteiger partial charge in [0, 0.05) is 0 Å². The largest absolute Gasteiger partial charge is 0.492 e. The number of ether oxygens (including phenoxy) is 2. The van der Waals surface area contributed by atoms with Crippen molar-refractivity contribution in [1.29, 1.82) is 0 Å². The monoisotopic (exact) mass is 666 g/mol. The van der Waals surface area contributed by atoms with E-state index < -0.39 is 12.0 Å². The topological polar surface area (TPSA) is 69.9 Å². The third-order valence-corrected chi connectivity index (χ3v) is 7.89. The van der Waals surface area contributed by atoms with Gasteiger partial charge in [0.25, 0.3) is 5.56 Å². The molecule has 0 amide bonds. The van der Waals surface area contributed by atoms with Gasteiger partial charge in [-0.15, -0.1) is 0 Å². The number of aromatic nitrogens is 1. The maximum atomic E-state index is 13.7. The van der Waals surface area contributed by atoms with E-state index >= 15 is 0 Å². The maximum Gasteiger partial charge on any atom is 0.338 e. The highest BCUT2D eigenvalue weighted by Crippen LogP contribution is 2.33. The predicted molar refractivity (Wildman–Crippen MR) is 150 cm³/mol. The molecule has 0 N–H and O–H groups in total. The van der Waals surface area contributed by atoms with E-state index in [4.69, 9.17) is 9.47 Å². The second-order valence-electron chi connectivity index (χ2n) is 7.96. The predicted octanol–water partition coefficient (Wildman–Crippen LogP) is 4.87. The van der Waals surface area contributed by atoms with Crippen molar-refractivity contribution >= 4 is 61.9 Å². The van der Waals surface area contributed by atoms with Gasteiger partial charge in [0.1, 0.15) is 5.75 Å². The first-order valence-corrected chi connectivity index (χ1v) is 13.8. The summed E-state index contributed by atoms with van der Waals surface area (Å²) in [6, 6.07) is 11.1. The lowest BCUT2D eigenvalue weighted by Crippen LogP contribution is -2.39. The molecule has 1 aliphatic heterocycles. The van der Waals surface area contributed by atoms with Crippen LogP contribution in [0.25, 0.3) is 6.08 Å². The van der Waals surface area contributed by atoms with Crippen molar-refractivity contribution in [3.63, 3.8) is 0 Å². The van der Waals surface area contributed by atoms with E-state index in [-0.39, 0.29) is 12.2 Å². The van der Waals surface area contributed by atoms with Gasteiger partial charge in [0.15, 0.2) is 4.80 Å². The number of hydrogen-bond donors (Lipinski definition) is 0. The third kappa shape index (κ3) is 5.17. The van der Waals surface area contributed by atoms with Crippen molar-refractivity contribution in [2.75, 3.05) is 13.2 Å². The third-order valence-electron chi connectivity index (χ3n) is 5.52. The molecule has 3 aromatic rings. The molecule has 9 heteroatoms. The molecule has 0 fully saturated rings. The van der Waals surface area contributed by atoms with E-state index in [0.717, 1.165) is 30.5 Å². The molecular weight excluding hydrogens is 643 g/mol. The van der Waals surface area contributed by atoms with Crippen LogP contribution in [0.5, 0.6) is 5.75 Å². The van der Waals surface area contributed by atoms with Crippen molar-refractivity contribution < 1.29 is 14.3 Å². The minimum absolute atomic E-state index is 0.200. The number of esters is 1. The highest BCUT2D eigenvalue weighted by Gasteiger charge is 2.33. The Bertz CT molecular complexity index is 1480. The maximum absolute atomic E-state index is 13.7. The van der Waals surface area contributed by atoms with Gasteiger partial charge in [-0.05, 0) is 95.6 Å². The number of benzene rings is 2. The smallest absolute Gasteiger partial charge is 0.338 e. The molecule has 2 heterocycles. The fraction of sp³-hybridized carbons (Fsp3) is 0.269. The number of carbonyl (C=O) groups excluding carboxylic acids is 1. The van der Waals surface area contributed by atoms with Crippen LogP contribution < -0.4 is 19.6 Å². The Morgan fingerprint density at radius 3 is 2.54 bits per heavy atom. The number of nitrogens with zero attached hydrogens (tertiary/aromatic N) is 2. The molecule has 1 aromatic heterocycles. The first-order chi connectivity index (χ1) is 16.7. The van der Waals surface area contributed by atoms with Crippen molar-refractivity contribution in [2.24, 2.45) is 4.99 Å². The molecule has 0 saturated heterocycles. The number of fused-ring (bicyclic) bond motifs is 1. The average molecular weight is 667 g/mol. The SMILES string of the molecule is CCOC(=O)C1=C(C)N=c2s/c(=C/c3cc(Br)c(OCC)c(I)c3)c(=O)n2[C@H]1c1ccc(C)cc1. The van der Waals surface area contributed by atoms with Crippen LogP contribution in [0.1, 0.15) is 43.5 Å². The number of allylic oxidation sites excluding steroid dienone is 1. The number of aryl methyl sites for hydroxylation is 1. The van der Waals surface area contributed by atoms with E-state index in [1.54, 1.807) is 18.4 Å². The van der Waals surface area contributed by atoms with Crippen LogP contribution in [-0.2, 0) is 9.53 Å². The number of hydrogen-bond acceptors (Lipinski definition) is 6. The van der Waals surface area contributed by atoms with Gasteiger partial charge in [-0.3, -0.25) is 9.36 Å². The van der Waals surface area contributed by atoms with Gasteiger partial charge >= 0.3 is 5.97 Å². The van der Waals surface area contributed by atoms with Crippen molar-refractivity contribution in [3.05, 3.63) is 92.1 Å².